The first kappa shape index (κ1) is 15.4. The van der Waals surface area contributed by atoms with Gasteiger partial charge in [-0.1, -0.05) is 27.7 Å². The molecule has 0 saturated carbocycles. The summed E-state index contributed by atoms with van der Waals surface area (Å²) < 4.78 is 0. The van der Waals surface area contributed by atoms with Crippen LogP contribution in [-0.2, 0) is 0 Å². The Balaban J connectivity index is 3.13. The SMILES string of the molecule is CCC(CC)N(CC(C)C)c1ccc(C#N)cc1N. The number of hydrogen-bond donors (Lipinski definition) is 1. The minimum absolute atomic E-state index is 0.498. The average molecular weight is 259 g/mol. The minimum Gasteiger partial charge on any atom is -0.397 e. The highest BCUT2D eigenvalue weighted by Gasteiger charge is 2.19. The number of rotatable bonds is 6. The number of hydrogen-bond acceptors (Lipinski definition) is 3. The van der Waals surface area contributed by atoms with Gasteiger partial charge in [0.1, 0.15) is 0 Å². The second-order valence-corrected chi connectivity index (χ2v) is 5.40. The maximum Gasteiger partial charge on any atom is 0.0992 e. The summed E-state index contributed by atoms with van der Waals surface area (Å²) in [5, 5.41) is 8.92. The third-order valence-corrected chi connectivity index (χ3v) is 3.41. The molecule has 0 atom stereocenters. The Morgan fingerprint density at radius 2 is 1.89 bits per heavy atom. The molecule has 19 heavy (non-hydrogen) atoms. The van der Waals surface area contributed by atoms with E-state index < -0.39 is 0 Å². The lowest BCUT2D eigenvalue weighted by molar-refractivity contribution is 0.508. The maximum absolute atomic E-state index is 8.92. The van der Waals surface area contributed by atoms with Gasteiger partial charge >= 0.3 is 0 Å². The van der Waals surface area contributed by atoms with Gasteiger partial charge in [0.2, 0.25) is 0 Å². The first-order chi connectivity index (χ1) is 9.03. The fraction of sp³-hybridized carbons (Fsp3) is 0.562. The van der Waals surface area contributed by atoms with Gasteiger partial charge in [0.05, 0.1) is 23.0 Å². The van der Waals surface area contributed by atoms with E-state index in [-0.39, 0.29) is 0 Å². The van der Waals surface area contributed by atoms with Gasteiger partial charge in [0, 0.05) is 12.6 Å². The lowest BCUT2D eigenvalue weighted by Gasteiger charge is -2.35. The van der Waals surface area contributed by atoms with Crippen LogP contribution in [0.4, 0.5) is 11.4 Å². The normalized spacial score (nSPS) is 10.8. The Morgan fingerprint density at radius 3 is 2.32 bits per heavy atom. The van der Waals surface area contributed by atoms with E-state index in [1.54, 1.807) is 6.07 Å². The molecular weight excluding hydrogens is 234 g/mol. The lowest BCUT2D eigenvalue weighted by atomic mass is 10.0. The molecule has 0 heterocycles. The lowest BCUT2D eigenvalue weighted by Crippen LogP contribution is -2.37. The van der Waals surface area contributed by atoms with E-state index in [0.717, 1.165) is 25.1 Å². The van der Waals surface area contributed by atoms with Gasteiger partial charge < -0.3 is 10.6 Å². The van der Waals surface area contributed by atoms with E-state index in [2.05, 4.69) is 38.7 Å². The van der Waals surface area contributed by atoms with Crippen LogP contribution in [0.25, 0.3) is 0 Å². The van der Waals surface area contributed by atoms with Crippen molar-refractivity contribution in [3.05, 3.63) is 23.8 Å². The Labute approximate surface area is 117 Å². The molecule has 1 rings (SSSR count). The zero-order valence-corrected chi connectivity index (χ0v) is 12.5. The monoisotopic (exact) mass is 259 g/mol. The summed E-state index contributed by atoms with van der Waals surface area (Å²) in [5.74, 6) is 0.579. The standard InChI is InChI=1S/C16H25N3/c1-5-14(6-2)19(11-12(3)4)16-8-7-13(10-17)9-15(16)18/h7-9,12,14H,5-6,11,18H2,1-4H3. The molecule has 0 aromatic heterocycles. The van der Waals surface area contributed by atoms with Crippen LogP contribution < -0.4 is 10.6 Å². The van der Waals surface area contributed by atoms with Gasteiger partial charge in [-0.2, -0.15) is 5.26 Å². The maximum atomic E-state index is 8.92. The van der Waals surface area contributed by atoms with E-state index in [4.69, 9.17) is 11.0 Å². The molecule has 2 N–H and O–H groups in total. The zero-order valence-electron chi connectivity index (χ0n) is 12.5. The molecule has 0 aliphatic rings. The fourth-order valence-corrected chi connectivity index (χ4v) is 2.45. The molecule has 0 bridgehead atoms. The summed E-state index contributed by atoms with van der Waals surface area (Å²) in [6.45, 7) is 9.84. The van der Waals surface area contributed by atoms with Gasteiger partial charge in [-0.05, 0) is 37.0 Å². The second kappa shape index (κ2) is 7.04. The van der Waals surface area contributed by atoms with Crippen molar-refractivity contribution in [1.82, 2.24) is 0 Å². The largest absolute Gasteiger partial charge is 0.397 e. The molecule has 0 radical (unpaired) electrons. The number of nitrogens with zero attached hydrogens (tertiary/aromatic N) is 2. The summed E-state index contributed by atoms with van der Waals surface area (Å²) in [5.41, 5.74) is 8.51. The van der Waals surface area contributed by atoms with Crippen LogP contribution >= 0.6 is 0 Å². The number of nitriles is 1. The van der Waals surface area contributed by atoms with Crippen molar-refractivity contribution >= 4 is 11.4 Å². The molecule has 0 unspecified atom stereocenters. The van der Waals surface area contributed by atoms with Crippen molar-refractivity contribution in [3.63, 3.8) is 0 Å². The van der Waals surface area contributed by atoms with E-state index in [1.807, 2.05) is 12.1 Å². The number of nitrogens with two attached hydrogens (primary N) is 1. The number of benzene rings is 1. The van der Waals surface area contributed by atoms with Crippen LogP contribution in [0.2, 0.25) is 0 Å². The van der Waals surface area contributed by atoms with Gasteiger partial charge in [0.25, 0.3) is 0 Å². The van der Waals surface area contributed by atoms with Crippen LogP contribution in [-0.4, -0.2) is 12.6 Å². The van der Waals surface area contributed by atoms with E-state index in [1.165, 1.54) is 0 Å². The van der Waals surface area contributed by atoms with E-state index >= 15 is 0 Å². The molecule has 1 aromatic carbocycles. The van der Waals surface area contributed by atoms with E-state index in [9.17, 15) is 0 Å². The van der Waals surface area contributed by atoms with Gasteiger partial charge in [-0.15, -0.1) is 0 Å². The zero-order chi connectivity index (χ0) is 14.4. The van der Waals surface area contributed by atoms with Gasteiger partial charge in [-0.25, -0.2) is 0 Å². The van der Waals surface area contributed by atoms with Crippen molar-refractivity contribution in [2.24, 2.45) is 5.92 Å². The van der Waals surface area contributed by atoms with Gasteiger partial charge in [0.15, 0.2) is 0 Å². The third-order valence-electron chi connectivity index (χ3n) is 3.41. The molecule has 0 aliphatic carbocycles. The number of anilines is 2. The predicted octanol–water partition coefficient (Wildman–Crippen LogP) is 3.79. The molecule has 1 aromatic rings. The fourth-order valence-electron chi connectivity index (χ4n) is 2.45. The molecule has 0 spiro atoms. The van der Waals surface area contributed by atoms with Crippen LogP contribution in [0, 0.1) is 17.2 Å². The molecule has 0 aliphatic heterocycles. The number of nitrogen functional groups attached to an aromatic ring is 1. The molecular formula is C16H25N3. The first-order valence-corrected chi connectivity index (χ1v) is 7.09. The minimum atomic E-state index is 0.498. The topological polar surface area (TPSA) is 53.0 Å². The molecule has 0 amide bonds. The predicted molar refractivity (Wildman–Crippen MR) is 82.1 cm³/mol. The van der Waals surface area contributed by atoms with Crippen LogP contribution in [0.1, 0.15) is 46.1 Å². The summed E-state index contributed by atoms with van der Waals surface area (Å²) >= 11 is 0. The summed E-state index contributed by atoms with van der Waals surface area (Å²) in [4.78, 5) is 2.39. The first-order valence-electron chi connectivity index (χ1n) is 7.09. The van der Waals surface area contributed by atoms with Crippen molar-refractivity contribution in [3.8, 4) is 6.07 Å². The highest BCUT2D eigenvalue weighted by Crippen LogP contribution is 2.28. The third kappa shape index (κ3) is 3.89. The highest BCUT2D eigenvalue weighted by molar-refractivity contribution is 5.70. The Hall–Kier alpha value is -1.69. The van der Waals surface area contributed by atoms with Crippen molar-refractivity contribution < 1.29 is 0 Å². The Bertz CT molecular complexity index is 442. The van der Waals surface area contributed by atoms with Crippen LogP contribution in [0.5, 0.6) is 0 Å². The second-order valence-electron chi connectivity index (χ2n) is 5.40. The van der Waals surface area contributed by atoms with E-state index in [0.29, 0.717) is 23.2 Å². The smallest absolute Gasteiger partial charge is 0.0992 e. The highest BCUT2D eigenvalue weighted by atomic mass is 15.2. The quantitative estimate of drug-likeness (QED) is 0.791. The van der Waals surface area contributed by atoms with Crippen molar-refractivity contribution in [2.45, 2.75) is 46.6 Å². The Morgan fingerprint density at radius 1 is 1.26 bits per heavy atom. The molecule has 0 saturated heterocycles. The van der Waals surface area contributed by atoms with Crippen molar-refractivity contribution in [1.29, 1.82) is 5.26 Å². The Kier molecular flexibility index (Phi) is 5.69. The molecule has 3 nitrogen and oxygen atoms in total. The molecule has 104 valence electrons. The summed E-state index contributed by atoms with van der Waals surface area (Å²) in [6, 6.07) is 8.23. The molecule has 0 fully saturated rings. The van der Waals surface area contributed by atoms with Crippen LogP contribution in [0.3, 0.4) is 0 Å². The van der Waals surface area contributed by atoms with Crippen LogP contribution in [0.15, 0.2) is 18.2 Å². The molecule has 3 heteroatoms. The van der Waals surface area contributed by atoms with Gasteiger partial charge in [-0.3, -0.25) is 0 Å². The summed E-state index contributed by atoms with van der Waals surface area (Å²) in [7, 11) is 0. The average Bonchev–Trinajstić information content (AvgIpc) is 2.38. The summed E-state index contributed by atoms with van der Waals surface area (Å²) in [6.07, 6.45) is 2.20. The van der Waals surface area contributed by atoms with Crippen molar-refractivity contribution in [2.75, 3.05) is 17.2 Å².